The zero-order chi connectivity index (χ0) is 5.11. The lowest BCUT2D eigenvalue weighted by Gasteiger charge is -1.82. The highest BCUT2D eigenvalue weighted by molar-refractivity contribution is 8.93. The molecule has 0 radical (unpaired) electrons. The number of anilines is 1. The van der Waals surface area contributed by atoms with Crippen molar-refractivity contribution in [3.8, 4) is 0 Å². The lowest BCUT2D eigenvalue weighted by molar-refractivity contribution is 1.34. The highest BCUT2D eigenvalue weighted by Crippen LogP contribution is 1.89. The number of nitrogens with zero attached hydrogens (tertiary/aromatic N) is 1. The number of halogens is 1. The first-order valence-corrected chi connectivity index (χ1v) is 2.06. The second-order valence-electron chi connectivity index (χ2n) is 1.25. The summed E-state index contributed by atoms with van der Waals surface area (Å²) >= 11 is 0. The third-order valence-electron chi connectivity index (χ3n) is 0.688. The van der Waals surface area contributed by atoms with E-state index in [0.29, 0.717) is 5.82 Å². The van der Waals surface area contributed by atoms with E-state index < -0.39 is 0 Å². The van der Waals surface area contributed by atoms with Crippen molar-refractivity contribution in [3.05, 3.63) is 24.4 Å². The molecule has 0 saturated carbocycles. The summed E-state index contributed by atoms with van der Waals surface area (Å²) < 4.78 is 0. The van der Waals surface area contributed by atoms with Crippen LogP contribution in [-0.4, -0.2) is 4.98 Å². The van der Waals surface area contributed by atoms with Crippen molar-refractivity contribution in [3.63, 3.8) is 0 Å². The molecule has 0 atom stereocenters. The fourth-order valence-corrected chi connectivity index (χ4v) is 0.376. The molecule has 1 aromatic heterocycles. The number of nitrogens with two attached hydrogens (primary N) is 1. The Kier molecular flexibility index (Phi) is 6.89. The Morgan fingerprint density at radius 3 is 2.22 bits per heavy atom. The van der Waals surface area contributed by atoms with E-state index in [-0.39, 0.29) is 23.1 Å². The number of pyridine rings is 1. The largest absolute Gasteiger partial charge is 0.384 e. The van der Waals surface area contributed by atoms with Crippen molar-refractivity contribution in [1.29, 1.82) is 0 Å². The van der Waals surface area contributed by atoms with Crippen molar-refractivity contribution in [1.82, 2.24) is 11.1 Å². The molecular formula is C5H10BrN3. The Labute approximate surface area is 64.6 Å². The molecule has 1 aromatic rings. The van der Waals surface area contributed by atoms with E-state index in [1.165, 1.54) is 0 Å². The SMILES string of the molecule is Br.N.Nc1ccccn1. The Balaban J connectivity index is 0. The Morgan fingerprint density at radius 2 is 2.00 bits per heavy atom. The van der Waals surface area contributed by atoms with Gasteiger partial charge < -0.3 is 11.9 Å². The van der Waals surface area contributed by atoms with Crippen LogP contribution >= 0.6 is 17.0 Å². The molecule has 4 heteroatoms. The first kappa shape index (κ1) is 11.2. The number of nitrogen functional groups attached to an aromatic ring is 1. The fraction of sp³-hybridized carbons (Fsp3) is 0. The van der Waals surface area contributed by atoms with Gasteiger partial charge in [-0.15, -0.1) is 17.0 Å². The molecule has 0 amide bonds. The van der Waals surface area contributed by atoms with E-state index in [0.717, 1.165) is 0 Å². The van der Waals surface area contributed by atoms with E-state index in [1.807, 2.05) is 12.1 Å². The average molecular weight is 192 g/mol. The van der Waals surface area contributed by atoms with Gasteiger partial charge in [0, 0.05) is 6.20 Å². The summed E-state index contributed by atoms with van der Waals surface area (Å²) in [6.07, 6.45) is 1.66. The quantitative estimate of drug-likeness (QED) is 0.652. The topological polar surface area (TPSA) is 73.9 Å². The highest BCUT2D eigenvalue weighted by Gasteiger charge is 1.73. The van der Waals surface area contributed by atoms with Gasteiger partial charge in [0.15, 0.2) is 0 Å². The van der Waals surface area contributed by atoms with Gasteiger partial charge in [-0.2, -0.15) is 0 Å². The predicted molar refractivity (Wildman–Crippen MR) is 44.0 cm³/mol. The van der Waals surface area contributed by atoms with Crippen LogP contribution in [0.25, 0.3) is 0 Å². The van der Waals surface area contributed by atoms with E-state index in [9.17, 15) is 0 Å². The van der Waals surface area contributed by atoms with Gasteiger partial charge in [0.1, 0.15) is 5.82 Å². The minimum Gasteiger partial charge on any atom is -0.384 e. The molecule has 0 aliphatic carbocycles. The smallest absolute Gasteiger partial charge is 0.123 e. The third-order valence-corrected chi connectivity index (χ3v) is 0.688. The van der Waals surface area contributed by atoms with Crippen LogP contribution in [0.1, 0.15) is 0 Å². The zero-order valence-electron chi connectivity index (χ0n) is 4.95. The molecule has 1 rings (SSSR count). The summed E-state index contributed by atoms with van der Waals surface area (Å²) in [6, 6.07) is 5.43. The second kappa shape index (κ2) is 5.53. The molecule has 5 N–H and O–H groups in total. The van der Waals surface area contributed by atoms with Crippen molar-refractivity contribution >= 4 is 22.8 Å². The standard InChI is InChI=1S/C5H6N2.BrH.H3N/c6-5-3-1-2-4-7-5;;/h1-4H,(H2,6,7);1H;1H3. The van der Waals surface area contributed by atoms with Crippen LogP contribution in [0, 0.1) is 0 Å². The average Bonchev–Trinajstić information content (AvgIpc) is 1.69. The molecule has 0 aromatic carbocycles. The number of hydrogen-bond donors (Lipinski definition) is 2. The first-order chi connectivity index (χ1) is 3.39. The van der Waals surface area contributed by atoms with E-state index in [4.69, 9.17) is 5.73 Å². The summed E-state index contributed by atoms with van der Waals surface area (Å²) in [5.41, 5.74) is 5.25. The van der Waals surface area contributed by atoms with E-state index in [1.54, 1.807) is 12.3 Å². The molecule has 1 heterocycles. The Bertz CT molecular complexity index is 142. The molecular weight excluding hydrogens is 182 g/mol. The zero-order valence-corrected chi connectivity index (χ0v) is 6.66. The number of rotatable bonds is 0. The van der Waals surface area contributed by atoms with Crippen LogP contribution < -0.4 is 11.9 Å². The minimum absolute atomic E-state index is 0. The predicted octanol–water partition coefficient (Wildman–Crippen LogP) is 1.40. The van der Waals surface area contributed by atoms with Crippen LogP contribution in [-0.2, 0) is 0 Å². The maximum atomic E-state index is 5.25. The molecule has 0 bridgehead atoms. The van der Waals surface area contributed by atoms with Crippen LogP contribution in [0.5, 0.6) is 0 Å². The normalized spacial score (nSPS) is 6.67. The molecule has 0 unspecified atom stereocenters. The second-order valence-corrected chi connectivity index (χ2v) is 1.25. The highest BCUT2D eigenvalue weighted by atomic mass is 79.9. The van der Waals surface area contributed by atoms with E-state index in [2.05, 4.69) is 4.98 Å². The summed E-state index contributed by atoms with van der Waals surface area (Å²) in [5, 5.41) is 0. The van der Waals surface area contributed by atoms with Gasteiger partial charge in [-0.05, 0) is 12.1 Å². The maximum Gasteiger partial charge on any atom is 0.123 e. The van der Waals surface area contributed by atoms with Gasteiger partial charge in [-0.1, -0.05) is 6.07 Å². The molecule has 9 heavy (non-hydrogen) atoms. The van der Waals surface area contributed by atoms with Crippen molar-refractivity contribution < 1.29 is 0 Å². The first-order valence-electron chi connectivity index (χ1n) is 2.06. The lowest BCUT2D eigenvalue weighted by atomic mass is 10.5. The van der Waals surface area contributed by atoms with Crippen LogP contribution in [0.2, 0.25) is 0 Å². The van der Waals surface area contributed by atoms with Crippen molar-refractivity contribution in [2.45, 2.75) is 0 Å². The third kappa shape index (κ3) is 3.93. The van der Waals surface area contributed by atoms with Crippen molar-refractivity contribution in [2.75, 3.05) is 5.73 Å². The molecule has 52 valence electrons. The van der Waals surface area contributed by atoms with E-state index >= 15 is 0 Å². The summed E-state index contributed by atoms with van der Waals surface area (Å²) in [6.45, 7) is 0. The lowest BCUT2D eigenvalue weighted by Crippen LogP contribution is -1.85. The fourth-order valence-electron chi connectivity index (χ4n) is 0.376. The summed E-state index contributed by atoms with van der Waals surface area (Å²) in [4.78, 5) is 3.76. The van der Waals surface area contributed by atoms with Crippen LogP contribution in [0.3, 0.4) is 0 Å². The Hall–Kier alpha value is -0.610. The Morgan fingerprint density at radius 1 is 1.33 bits per heavy atom. The van der Waals surface area contributed by atoms with Gasteiger partial charge in [0.2, 0.25) is 0 Å². The molecule has 0 aliphatic rings. The van der Waals surface area contributed by atoms with Crippen LogP contribution in [0.4, 0.5) is 5.82 Å². The summed E-state index contributed by atoms with van der Waals surface area (Å²) in [5.74, 6) is 0.572. The van der Waals surface area contributed by atoms with Gasteiger partial charge in [-0.25, -0.2) is 4.98 Å². The summed E-state index contributed by atoms with van der Waals surface area (Å²) in [7, 11) is 0. The molecule has 0 aliphatic heterocycles. The van der Waals surface area contributed by atoms with Crippen LogP contribution in [0.15, 0.2) is 24.4 Å². The monoisotopic (exact) mass is 191 g/mol. The maximum absolute atomic E-state index is 5.25. The molecule has 0 fully saturated rings. The molecule has 0 saturated heterocycles. The van der Waals surface area contributed by atoms with Gasteiger partial charge in [0.05, 0.1) is 0 Å². The number of hydrogen-bond acceptors (Lipinski definition) is 3. The molecule has 3 nitrogen and oxygen atoms in total. The molecule has 0 spiro atoms. The number of aromatic nitrogens is 1. The van der Waals surface area contributed by atoms with Crippen molar-refractivity contribution in [2.24, 2.45) is 0 Å². The minimum atomic E-state index is 0. The van der Waals surface area contributed by atoms with Gasteiger partial charge in [0.25, 0.3) is 0 Å². The van der Waals surface area contributed by atoms with Gasteiger partial charge in [-0.3, -0.25) is 0 Å². The van der Waals surface area contributed by atoms with Gasteiger partial charge >= 0.3 is 0 Å².